The number of hydrogen-bond acceptors (Lipinski definition) is 4. The Hall–Kier alpha value is -0.430. The molecule has 1 aliphatic rings. The van der Waals surface area contributed by atoms with E-state index in [-0.39, 0.29) is 18.0 Å². The van der Waals surface area contributed by atoms with Gasteiger partial charge in [-0.15, -0.1) is 11.3 Å². The third-order valence-electron chi connectivity index (χ3n) is 3.09. The van der Waals surface area contributed by atoms with E-state index in [0.717, 1.165) is 11.0 Å². The predicted molar refractivity (Wildman–Crippen MR) is 73.0 cm³/mol. The number of amides is 1. The number of carbonyl (C=O) groups excluding carboxylic acids is 1. The van der Waals surface area contributed by atoms with E-state index in [1.165, 1.54) is 4.88 Å². The Morgan fingerprint density at radius 1 is 1.76 bits per heavy atom. The first-order chi connectivity index (χ1) is 8.13. The number of halogens is 1. The fraction of sp³-hybridized carbons (Fsp3) is 0.545. The number of nitrogens with one attached hydrogen (secondary N) is 1. The van der Waals surface area contributed by atoms with Crippen LogP contribution in [0.5, 0.6) is 0 Å². The summed E-state index contributed by atoms with van der Waals surface area (Å²) in [7, 11) is 0. The quantitative estimate of drug-likeness (QED) is 0.884. The molecule has 94 valence electrons. The lowest BCUT2D eigenvalue weighted by Gasteiger charge is -2.38. The lowest BCUT2D eigenvalue weighted by atomic mass is 10.1. The predicted octanol–water partition coefficient (Wildman–Crippen LogP) is 1.33. The first-order valence-electron chi connectivity index (χ1n) is 5.61. The third kappa shape index (κ3) is 2.70. The van der Waals surface area contributed by atoms with Crippen LogP contribution in [0, 0.1) is 0 Å². The number of hydrogen-bond donors (Lipinski definition) is 2. The largest absolute Gasteiger partial charge is 0.353 e. The molecule has 2 heterocycles. The first-order valence-corrected chi connectivity index (χ1v) is 7.28. The lowest BCUT2D eigenvalue weighted by molar-refractivity contribution is -0.129. The Morgan fingerprint density at radius 3 is 3.12 bits per heavy atom. The molecule has 2 rings (SSSR count). The molecule has 1 aromatic rings. The van der Waals surface area contributed by atoms with Gasteiger partial charge in [0.05, 0.1) is 12.1 Å². The van der Waals surface area contributed by atoms with Crippen molar-refractivity contribution in [2.75, 3.05) is 19.6 Å². The molecule has 0 radical (unpaired) electrons. The second-order valence-electron chi connectivity index (χ2n) is 4.12. The summed E-state index contributed by atoms with van der Waals surface area (Å²) in [4.78, 5) is 15.0. The van der Waals surface area contributed by atoms with Gasteiger partial charge in [0.15, 0.2) is 0 Å². The van der Waals surface area contributed by atoms with Crippen molar-refractivity contribution in [3.8, 4) is 0 Å². The standard InChI is InChI=1S/C11H16BrN3OS/c1-7-11(16)14-2-3-15(7)9(5-13)10-4-8(12)6-17-10/h4,6-7,9H,2-3,5,13H2,1H3,(H,14,16). The summed E-state index contributed by atoms with van der Waals surface area (Å²) < 4.78 is 1.07. The van der Waals surface area contributed by atoms with Crippen LogP contribution < -0.4 is 11.1 Å². The second kappa shape index (κ2) is 5.48. The molecule has 0 bridgehead atoms. The molecule has 1 saturated heterocycles. The molecular formula is C11H16BrN3OS. The maximum absolute atomic E-state index is 11.7. The van der Waals surface area contributed by atoms with E-state index >= 15 is 0 Å². The molecule has 0 saturated carbocycles. The molecule has 17 heavy (non-hydrogen) atoms. The fourth-order valence-electron chi connectivity index (χ4n) is 2.14. The summed E-state index contributed by atoms with van der Waals surface area (Å²) in [5.74, 6) is 0.0883. The Labute approximate surface area is 113 Å². The SMILES string of the molecule is CC1C(=O)NCCN1C(CN)c1cc(Br)cs1. The molecule has 1 fully saturated rings. The van der Waals surface area contributed by atoms with Crippen molar-refractivity contribution in [3.05, 3.63) is 20.8 Å². The van der Waals surface area contributed by atoms with Gasteiger partial charge < -0.3 is 11.1 Å². The van der Waals surface area contributed by atoms with Crippen LogP contribution in [0.2, 0.25) is 0 Å². The number of thiophene rings is 1. The van der Waals surface area contributed by atoms with Crippen molar-refractivity contribution in [3.63, 3.8) is 0 Å². The molecule has 0 spiro atoms. The van der Waals surface area contributed by atoms with Crippen LogP contribution in [0.1, 0.15) is 17.8 Å². The number of rotatable bonds is 3. The zero-order chi connectivity index (χ0) is 12.4. The molecule has 3 N–H and O–H groups in total. The second-order valence-corrected chi connectivity index (χ2v) is 5.98. The van der Waals surface area contributed by atoms with Gasteiger partial charge >= 0.3 is 0 Å². The Morgan fingerprint density at radius 2 is 2.53 bits per heavy atom. The zero-order valence-electron chi connectivity index (χ0n) is 9.65. The van der Waals surface area contributed by atoms with Gasteiger partial charge in [-0.25, -0.2) is 0 Å². The molecule has 0 aliphatic carbocycles. The van der Waals surface area contributed by atoms with Gasteiger partial charge in [-0.1, -0.05) is 0 Å². The molecule has 4 nitrogen and oxygen atoms in total. The molecular weight excluding hydrogens is 302 g/mol. The molecule has 1 aromatic heterocycles. The fourth-order valence-corrected chi connectivity index (χ4v) is 3.72. The summed E-state index contributed by atoms with van der Waals surface area (Å²) in [6, 6.07) is 2.10. The maximum atomic E-state index is 11.7. The van der Waals surface area contributed by atoms with E-state index < -0.39 is 0 Å². The summed E-state index contributed by atoms with van der Waals surface area (Å²) in [5, 5.41) is 4.92. The Bertz CT molecular complexity index is 409. The van der Waals surface area contributed by atoms with E-state index in [0.29, 0.717) is 13.1 Å². The van der Waals surface area contributed by atoms with Crippen LogP contribution in [0.3, 0.4) is 0 Å². The van der Waals surface area contributed by atoms with Crippen LogP contribution in [0.4, 0.5) is 0 Å². The normalized spacial score (nSPS) is 23.5. The summed E-state index contributed by atoms with van der Waals surface area (Å²) in [6.45, 7) is 4.01. The van der Waals surface area contributed by atoms with Crippen LogP contribution in [-0.4, -0.2) is 36.5 Å². The van der Waals surface area contributed by atoms with Crippen molar-refractivity contribution < 1.29 is 4.79 Å². The van der Waals surface area contributed by atoms with Gasteiger partial charge in [-0.2, -0.15) is 0 Å². The van der Waals surface area contributed by atoms with E-state index in [4.69, 9.17) is 5.73 Å². The van der Waals surface area contributed by atoms with E-state index in [9.17, 15) is 4.79 Å². The van der Waals surface area contributed by atoms with Gasteiger partial charge in [0.1, 0.15) is 0 Å². The lowest BCUT2D eigenvalue weighted by Crippen LogP contribution is -2.55. The van der Waals surface area contributed by atoms with Crippen LogP contribution >= 0.6 is 27.3 Å². The van der Waals surface area contributed by atoms with Crippen LogP contribution in [0.25, 0.3) is 0 Å². The molecule has 2 unspecified atom stereocenters. The van der Waals surface area contributed by atoms with Crippen molar-refractivity contribution in [1.82, 2.24) is 10.2 Å². The van der Waals surface area contributed by atoms with E-state index in [1.807, 2.05) is 12.3 Å². The number of carbonyl (C=O) groups is 1. The van der Waals surface area contributed by atoms with E-state index in [1.54, 1.807) is 11.3 Å². The molecule has 0 aromatic carbocycles. The summed E-state index contributed by atoms with van der Waals surface area (Å²) in [6.07, 6.45) is 0. The number of nitrogens with zero attached hydrogens (tertiary/aromatic N) is 1. The Kier molecular flexibility index (Phi) is 4.19. The average Bonchev–Trinajstić information content (AvgIpc) is 2.72. The highest BCUT2D eigenvalue weighted by molar-refractivity contribution is 9.10. The van der Waals surface area contributed by atoms with Gasteiger partial charge in [0.25, 0.3) is 0 Å². The first kappa shape index (κ1) is 13.0. The molecule has 1 aliphatic heterocycles. The highest BCUT2D eigenvalue weighted by Gasteiger charge is 2.31. The van der Waals surface area contributed by atoms with Gasteiger partial charge in [-0.05, 0) is 28.9 Å². The number of piperazine rings is 1. The highest BCUT2D eigenvalue weighted by Crippen LogP contribution is 2.30. The highest BCUT2D eigenvalue weighted by atomic mass is 79.9. The van der Waals surface area contributed by atoms with Crippen LogP contribution in [-0.2, 0) is 4.79 Å². The Balaban J connectivity index is 2.20. The minimum atomic E-state index is -0.113. The average molecular weight is 318 g/mol. The molecule has 6 heteroatoms. The zero-order valence-corrected chi connectivity index (χ0v) is 12.1. The minimum Gasteiger partial charge on any atom is -0.353 e. The molecule has 1 amide bonds. The van der Waals surface area contributed by atoms with Crippen molar-refractivity contribution in [1.29, 1.82) is 0 Å². The van der Waals surface area contributed by atoms with Crippen molar-refractivity contribution in [2.45, 2.75) is 19.0 Å². The van der Waals surface area contributed by atoms with Crippen molar-refractivity contribution in [2.24, 2.45) is 5.73 Å². The minimum absolute atomic E-state index is 0.0883. The summed E-state index contributed by atoms with van der Waals surface area (Å²) >= 11 is 5.13. The van der Waals surface area contributed by atoms with Gasteiger partial charge in [-0.3, -0.25) is 9.69 Å². The molecule has 2 atom stereocenters. The maximum Gasteiger partial charge on any atom is 0.237 e. The van der Waals surface area contributed by atoms with Crippen LogP contribution in [0.15, 0.2) is 15.9 Å². The van der Waals surface area contributed by atoms with Gasteiger partial charge in [0.2, 0.25) is 5.91 Å². The number of nitrogens with two attached hydrogens (primary N) is 1. The monoisotopic (exact) mass is 317 g/mol. The topological polar surface area (TPSA) is 58.4 Å². The third-order valence-corrected chi connectivity index (χ3v) is 4.88. The van der Waals surface area contributed by atoms with Gasteiger partial charge in [0, 0.05) is 34.4 Å². The smallest absolute Gasteiger partial charge is 0.237 e. The summed E-state index contributed by atoms with van der Waals surface area (Å²) in [5.41, 5.74) is 5.87. The van der Waals surface area contributed by atoms with E-state index in [2.05, 4.69) is 32.2 Å². The van der Waals surface area contributed by atoms with Crippen molar-refractivity contribution >= 4 is 33.2 Å².